The van der Waals surface area contributed by atoms with Gasteiger partial charge in [-0.3, -0.25) is 4.98 Å². The van der Waals surface area contributed by atoms with E-state index in [-0.39, 0.29) is 0 Å². The predicted molar refractivity (Wildman–Crippen MR) is 63.0 cm³/mol. The molecule has 1 heterocycles. The first-order valence-corrected chi connectivity index (χ1v) is 5.87. The van der Waals surface area contributed by atoms with Crippen molar-refractivity contribution in [2.75, 3.05) is 14.1 Å². The number of rotatable bonds is 2. The van der Waals surface area contributed by atoms with Gasteiger partial charge in [0.1, 0.15) is 0 Å². The quantitative estimate of drug-likeness (QED) is 0.736. The van der Waals surface area contributed by atoms with Gasteiger partial charge in [0, 0.05) is 5.69 Å². The van der Waals surface area contributed by atoms with Crippen molar-refractivity contribution >= 4 is 0 Å². The van der Waals surface area contributed by atoms with Crippen molar-refractivity contribution in [2.45, 2.75) is 38.6 Å². The maximum atomic E-state index is 4.79. The third-order valence-corrected chi connectivity index (χ3v) is 3.29. The van der Waals surface area contributed by atoms with Crippen LogP contribution in [0.1, 0.15) is 42.8 Å². The second kappa shape index (κ2) is 4.31. The van der Waals surface area contributed by atoms with Crippen LogP contribution in [0.5, 0.6) is 0 Å². The van der Waals surface area contributed by atoms with Gasteiger partial charge >= 0.3 is 0 Å². The fourth-order valence-electron chi connectivity index (χ4n) is 2.37. The largest absolute Gasteiger partial charge is 0.301 e. The molecule has 0 spiro atoms. The van der Waals surface area contributed by atoms with E-state index < -0.39 is 0 Å². The monoisotopic (exact) mass is 204 g/mol. The molecular weight excluding hydrogens is 184 g/mol. The smallest absolute Gasteiger partial charge is 0.0610 e. The molecule has 1 aromatic heterocycles. The molecule has 15 heavy (non-hydrogen) atoms. The van der Waals surface area contributed by atoms with Crippen molar-refractivity contribution in [1.29, 1.82) is 0 Å². The molecule has 0 fully saturated rings. The van der Waals surface area contributed by atoms with E-state index in [9.17, 15) is 0 Å². The minimum Gasteiger partial charge on any atom is -0.301 e. The van der Waals surface area contributed by atoms with Gasteiger partial charge in [0.15, 0.2) is 0 Å². The maximum Gasteiger partial charge on any atom is 0.0610 e. The first-order chi connectivity index (χ1) is 7.22. The summed E-state index contributed by atoms with van der Waals surface area (Å²) in [5, 5.41) is 0. The Bertz CT molecular complexity index is 344. The molecule has 0 saturated carbocycles. The second-order valence-electron chi connectivity index (χ2n) is 4.57. The van der Waals surface area contributed by atoms with Crippen molar-refractivity contribution in [1.82, 2.24) is 9.88 Å². The van der Waals surface area contributed by atoms with Crippen LogP contribution in [-0.4, -0.2) is 24.0 Å². The molecule has 0 bridgehead atoms. The zero-order valence-corrected chi connectivity index (χ0v) is 9.95. The Labute approximate surface area is 92.3 Å². The third kappa shape index (κ3) is 2.05. The van der Waals surface area contributed by atoms with Gasteiger partial charge in [0.25, 0.3) is 0 Å². The summed E-state index contributed by atoms with van der Waals surface area (Å²) in [6.45, 7) is 2.17. The minimum absolute atomic E-state index is 0.528. The Morgan fingerprint density at radius 1 is 1.40 bits per heavy atom. The van der Waals surface area contributed by atoms with E-state index in [0.717, 1.165) is 6.42 Å². The molecular formula is C13H20N2. The Morgan fingerprint density at radius 2 is 2.20 bits per heavy atom. The van der Waals surface area contributed by atoms with Gasteiger partial charge in [-0.25, -0.2) is 0 Å². The summed E-state index contributed by atoms with van der Waals surface area (Å²) in [5.74, 6) is 0. The Morgan fingerprint density at radius 3 is 2.87 bits per heavy atom. The average molecular weight is 204 g/mol. The average Bonchev–Trinajstić information content (AvgIpc) is 2.27. The second-order valence-corrected chi connectivity index (χ2v) is 4.57. The molecule has 0 aliphatic heterocycles. The Kier molecular flexibility index (Phi) is 3.06. The number of pyridine rings is 1. The standard InChI is InChI=1S/C13H20N2/c1-4-11-9-8-10-6-5-7-12(15(2)3)13(10)14-11/h8-9,12H,4-7H2,1-3H3/t12-/m0/s1. The lowest BCUT2D eigenvalue weighted by molar-refractivity contribution is 0.262. The van der Waals surface area contributed by atoms with E-state index >= 15 is 0 Å². The molecule has 1 aliphatic carbocycles. The van der Waals surface area contributed by atoms with Crippen LogP contribution in [0.2, 0.25) is 0 Å². The molecule has 0 unspecified atom stereocenters. The van der Waals surface area contributed by atoms with E-state index in [1.807, 2.05) is 0 Å². The first kappa shape index (κ1) is 10.6. The molecule has 1 aromatic rings. The lowest BCUT2D eigenvalue weighted by Crippen LogP contribution is -2.25. The zero-order chi connectivity index (χ0) is 10.8. The Balaban J connectivity index is 2.39. The number of nitrogens with zero attached hydrogens (tertiary/aromatic N) is 2. The summed E-state index contributed by atoms with van der Waals surface area (Å²) in [6, 6.07) is 4.98. The molecule has 0 aromatic carbocycles. The molecule has 0 amide bonds. The van der Waals surface area contributed by atoms with Crippen molar-refractivity contribution in [3.63, 3.8) is 0 Å². The van der Waals surface area contributed by atoms with Crippen LogP contribution in [0.3, 0.4) is 0 Å². The van der Waals surface area contributed by atoms with E-state index in [1.165, 1.54) is 36.2 Å². The summed E-state index contributed by atoms with van der Waals surface area (Å²) in [4.78, 5) is 7.09. The third-order valence-electron chi connectivity index (χ3n) is 3.29. The van der Waals surface area contributed by atoms with Gasteiger partial charge in [-0.15, -0.1) is 0 Å². The van der Waals surface area contributed by atoms with Crippen molar-refractivity contribution < 1.29 is 0 Å². The minimum atomic E-state index is 0.528. The summed E-state index contributed by atoms with van der Waals surface area (Å²) in [7, 11) is 4.31. The number of aryl methyl sites for hydroxylation is 2. The SMILES string of the molecule is CCc1ccc2c(n1)[C@@H](N(C)C)CCC2. The van der Waals surface area contributed by atoms with Crippen LogP contribution in [0.4, 0.5) is 0 Å². The summed E-state index contributed by atoms with van der Waals surface area (Å²) >= 11 is 0. The van der Waals surface area contributed by atoms with E-state index in [0.29, 0.717) is 6.04 Å². The van der Waals surface area contributed by atoms with Crippen LogP contribution in [-0.2, 0) is 12.8 Å². The molecule has 2 rings (SSSR count). The number of hydrogen-bond acceptors (Lipinski definition) is 2. The molecule has 2 nitrogen and oxygen atoms in total. The molecule has 1 aliphatic rings. The summed E-state index contributed by atoms with van der Waals surface area (Å²) in [5.41, 5.74) is 4.00. The van der Waals surface area contributed by atoms with Crippen LogP contribution in [0.25, 0.3) is 0 Å². The normalized spacial score (nSPS) is 20.4. The molecule has 82 valence electrons. The highest BCUT2D eigenvalue weighted by Gasteiger charge is 2.23. The zero-order valence-electron chi connectivity index (χ0n) is 9.95. The summed E-state index contributed by atoms with van der Waals surface area (Å²) in [6.07, 6.45) is 4.78. The fourth-order valence-corrected chi connectivity index (χ4v) is 2.37. The van der Waals surface area contributed by atoms with Crippen molar-refractivity contribution in [2.24, 2.45) is 0 Å². The lowest BCUT2D eigenvalue weighted by atomic mass is 9.91. The van der Waals surface area contributed by atoms with E-state index in [2.05, 4.69) is 38.1 Å². The van der Waals surface area contributed by atoms with Crippen molar-refractivity contribution in [3.8, 4) is 0 Å². The maximum absolute atomic E-state index is 4.79. The highest BCUT2D eigenvalue weighted by Crippen LogP contribution is 2.31. The number of aromatic nitrogens is 1. The van der Waals surface area contributed by atoms with Gasteiger partial charge in [0.05, 0.1) is 11.7 Å². The predicted octanol–water partition coefficient (Wildman–Crippen LogP) is 2.58. The van der Waals surface area contributed by atoms with Gasteiger partial charge in [-0.05, 0) is 51.4 Å². The van der Waals surface area contributed by atoms with Gasteiger partial charge in [-0.2, -0.15) is 0 Å². The fraction of sp³-hybridized carbons (Fsp3) is 0.615. The van der Waals surface area contributed by atoms with Gasteiger partial charge < -0.3 is 4.90 Å². The van der Waals surface area contributed by atoms with Crippen LogP contribution in [0.15, 0.2) is 12.1 Å². The summed E-state index contributed by atoms with van der Waals surface area (Å²) < 4.78 is 0. The van der Waals surface area contributed by atoms with Crippen molar-refractivity contribution in [3.05, 3.63) is 29.1 Å². The van der Waals surface area contributed by atoms with Crippen LogP contribution in [0, 0.1) is 0 Å². The molecule has 0 saturated heterocycles. The molecule has 1 atom stereocenters. The van der Waals surface area contributed by atoms with E-state index in [4.69, 9.17) is 4.98 Å². The van der Waals surface area contributed by atoms with Crippen LogP contribution >= 0.6 is 0 Å². The molecule has 2 heteroatoms. The molecule has 0 radical (unpaired) electrons. The highest BCUT2D eigenvalue weighted by molar-refractivity contribution is 5.28. The van der Waals surface area contributed by atoms with Gasteiger partial charge in [0.2, 0.25) is 0 Å². The highest BCUT2D eigenvalue weighted by atomic mass is 15.1. The van der Waals surface area contributed by atoms with Gasteiger partial charge in [-0.1, -0.05) is 13.0 Å². The van der Waals surface area contributed by atoms with E-state index in [1.54, 1.807) is 0 Å². The lowest BCUT2D eigenvalue weighted by Gasteiger charge is -2.30. The molecule has 0 N–H and O–H groups in total. The topological polar surface area (TPSA) is 16.1 Å². The Hall–Kier alpha value is -0.890. The number of fused-ring (bicyclic) bond motifs is 1. The van der Waals surface area contributed by atoms with Crippen LogP contribution < -0.4 is 0 Å². The number of hydrogen-bond donors (Lipinski definition) is 0. The first-order valence-electron chi connectivity index (χ1n) is 5.87.